The number of carbonyl (C=O) groups excluding carboxylic acids is 2. The Labute approximate surface area is 152 Å². The van der Waals surface area contributed by atoms with Gasteiger partial charge < -0.3 is 9.47 Å². The van der Waals surface area contributed by atoms with E-state index in [-0.39, 0.29) is 0 Å². The summed E-state index contributed by atoms with van der Waals surface area (Å²) < 4.78 is 10.7. The molecule has 0 spiro atoms. The van der Waals surface area contributed by atoms with E-state index in [1.165, 1.54) is 17.8 Å². The zero-order valence-electron chi connectivity index (χ0n) is 15.1. The average Bonchev–Trinajstić information content (AvgIpc) is 2.33. The first-order chi connectivity index (χ1) is 10.8. The van der Waals surface area contributed by atoms with Crippen LogP contribution < -0.4 is 4.90 Å². The molecule has 0 N–H and O–H groups in total. The number of nitrogens with zero attached hydrogens (tertiary/aromatic N) is 1. The third-order valence-electron chi connectivity index (χ3n) is 2.50. The fraction of sp³-hybridized carbons (Fsp3) is 0.529. The molecule has 0 aliphatic carbocycles. The zero-order valence-corrected chi connectivity index (χ0v) is 16.7. The number of carbonyl (C=O) groups is 2. The van der Waals surface area contributed by atoms with Crippen LogP contribution in [0.5, 0.6) is 0 Å². The first kappa shape index (κ1) is 20.6. The molecule has 5 nitrogen and oxygen atoms in total. The van der Waals surface area contributed by atoms with Crippen LogP contribution in [0.1, 0.15) is 41.5 Å². The van der Waals surface area contributed by atoms with Gasteiger partial charge in [0.15, 0.2) is 0 Å². The summed E-state index contributed by atoms with van der Waals surface area (Å²) in [6, 6.07) is 4.96. The van der Waals surface area contributed by atoms with Crippen molar-refractivity contribution in [3.63, 3.8) is 0 Å². The van der Waals surface area contributed by atoms with Gasteiger partial charge in [-0.05, 0) is 66.0 Å². The van der Waals surface area contributed by atoms with Crippen molar-refractivity contribution in [2.75, 3.05) is 11.2 Å². The number of anilines is 1. The van der Waals surface area contributed by atoms with E-state index in [9.17, 15) is 9.59 Å². The van der Waals surface area contributed by atoms with Crippen LogP contribution in [-0.2, 0) is 9.47 Å². The molecule has 0 unspecified atom stereocenters. The fourth-order valence-electron chi connectivity index (χ4n) is 1.70. The van der Waals surface area contributed by atoms with E-state index >= 15 is 0 Å². The maximum Gasteiger partial charge on any atom is 0.424 e. The first-order valence-electron chi connectivity index (χ1n) is 7.43. The van der Waals surface area contributed by atoms with Crippen molar-refractivity contribution < 1.29 is 19.1 Å². The van der Waals surface area contributed by atoms with Gasteiger partial charge in [0.2, 0.25) is 0 Å². The highest BCUT2D eigenvalue weighted by molar-refractivity contribution is 7.98. The number of rotatable bonds is 2. The van der Waals surface area contributed by atoms with Crippen LogP contribution in [0.3, 0.4) is 0 Å². The lowest BCUT2D eigenvalue weighted by Crippen LogP contribution is -2.43. The summed E-state index contributed by atoms with van der Waals surface area (Å²) in [4.78, 5) is 26.8. The van der Waals surface area contributed by atoms with Crippen LogP contribution in [0.15, 0.2) is 23.1 Å². The molecule has 0 heterocycles. The van der Waals surface area contributed by atoms with E-state index in [0.717, 1.165) is 9.80 Å². The van der Waals surface area contributed by atoms with Crippen LogP contribution in [0.25, 0.3) is 0 Å². The molecule has 0 fully saturated rings. The third-order valence-corrected chi connectivity index (χ3v) is 3.43. The number of imide groups is 1. The molecule has 1 aromatic rings. The molecule has 0 saturated carbocycles. The molecule has 1 rings (SSSR count). The van der Waals surface area contributed by atoms with Gasteiger partial charge in [-0.1, -0.05) is 11.6 Å². The topological polar surface area (TPSA) is 55.8 Å². The summed E-state index contributed by atoms with van der Waals surface area (Å²) in [7, 11) is 0. The standard InChI is InChI=1S/C17H24ClNO4S/c1-16(2,3)22-14(20)19(15(21)23-17(4,5)6)12-8-11(18)9-13(10-12)24-7/h8-10H,1-7H3. The number of thioether (sulfide) groups is 1. The largest absolute Gasteiger partial charge is 0.443 e. The Bertz CT molecular complexity index is 592. The molecule has 0 aliphatic heterocycles. The van der Waals surface area contributed by atoms with Gasteiger partial charge in [-0.2, -0.15) is 4.90 Å². The summed E-state index contributed by atoms with van der Waals surface area (Å²) in [5, 5.41) is 0.411. The number of amides is 2. The average molecular weight is 374 g/mol. The number of benzene rings is 1. The molecular weight excluding hydrogens is 350 g/mol. The molecule has 0 saturated heterocycles. The molecule has 1 aromatic carbocycles. The van der Waals surface area contributed by atoms with Gasteiger partial charge in [-0.3, -0.25) is 0 Å². The Morgan fingerprint density at radius 1 is 0.958 bits per heavy atom. The smallest absolute Gasteiger partial charge is 0.424 e. The number of ether oxygens (including phenoxy) is 2. The summed E-state index contributed by atoms with van der Waals surface area (Å²) in [6.45, 7) is 10.4. The van der Waals surface area contributed by atoms with Crippen molar-refractivity contribution >= 4 is 41.2 Å². The molecular formula is C17H24ClNO4S. The molecule has 0 atom stereocenters. The lowest BCUT2D eigenvalue weighted by atomic mass is 10.2. The molecule has 2 amide bonds. The number of halogens is 1. The van der Waals surface area contributed by atoms with E-state index in [4.69, 9.17) is 21.1 Å². The van der Waals surface area contributed by atoms with Crippen LogP contribution in [0.4, 0.5) is 15.3 Å². The highest BCUT2D eigenvalue weighted by Gasteiger charge is 2.32. The van der Waals surface area contributed by atoms with Gasteiger partial charge in [0.25, 0.3) is 0 Å². The summed E-state index contributed by atoms with van der Waals surface area (Å²) in [5.74, 6) is 0. The summed E-state index contributed by atoms with van der Waals surface area (Å²) >= 11 is 7.55. The minimum atomic E-state index is -0.814. The maximum atomic E-state index is 12.6. The van der Waals surface area contributed by atoms with Crippen LogP contribution in [-0.4, -0.2) is 29.6 Å². The lowest BCUT2D eigenvalue weighted by molar-refractivity contribution is 0.0430. The SMILES string of the molecule is CSc1cc(Cl)cc(N(C(=O)OC(C)(C)C)C(=O)OC(C)(C)C)c1. The van der Waals surface area contributed by atoms with Crippen molar-refractivity contribution in [2.45, 2.75) is 57.6 Å². The van der Waals surface area contributed by atoms with Crippen molar-refractivity contribution in [3.8, 4) is 0 Å². The molecule has 24 heavy (non-hydrogen) atoms. The van der Waals surface area contributed by atoms with E-state index in [0.29, 0.717) is 10.7 Å². The van der Waals surface area contributed by atoms with Gasteiger partial charge >= 0.3 is 12.2 Å². The van der Waals surface area contributed by atoms with E-state index in [2.05, 4.69) is 0 Å². The second kappa shape index (κ2) is 7.66. The van der Waals surface area contributed by atoms with E-state index in [1.54, 1.807) is 53.7 Å². The monoisotopic (exact) mass is 373 g/mol. The molecule has 0 aromatic heterocycles. The van der Waals surface area contributed by atoms with Crippen LogP contribution >= 0.6 is 23.4 Å². The predicted octanol–water partition coefficient (Wildman–Crippen LogP) is 5.74. The summed E-state index contributed by atoms with van der Waals surface area (Å²) in [6.07, 6.45) is 0.248. The number of hydrogen-bond donors (Lipinski definition) is 0. The van der Waals surface area contributed by atoms with Crippen molar-refractivity contribution in [2.24, 2.45) is 0 Å². The molecule has 0 aliphatic rings. The minimum Gasteiger partial charge on any atom is -0.443 e. The third kappa shape index (κ3) is 6.61. The quantitative estimate of drug-likeness (QED) is 0.619. The van der Waals surface area contributed by atoms with Crippen molar-refractivity contribution in [1.29, 1.82) is 0 Å². The maximum absolute atomic E-state index is 12.6. The predicted molar refractivity (Wildman–Crippen MR) is 98.2 cm³/mol. The van der Waals surface area contributed by atoms with Gasteiger partial charge in [0.05, 0.1) is 5.69 Å². The summed E-state index contributed by atoms with van der Waals surface area (Å²) in [5.41, 5.74) is -1.20. The lowest BCUT2D eigenvalue weighted by Gasteiger charge is -2.28. The number of hydrogen-bond acceptors (Lipinski definition) is 5. The Morgan fingerprint density at radius 2 is 1.42 bits per heavy atom. The second-order valence-corrected chi connectivity index (χ2v) is 8.46. The molecule has 0 bridgehead atoms. The zero-order chi connectivity index (χ0) is 18.7. The van der Waals surface area contributed by atoms with Crippen molar-refractivity contribution in [1.82, 2.24) is 0 Å². The molecule has 134 valence electrons. The van der Waals surface area contributed by atoms with Gasteiger partial charge in [-0.25, -0.2) is 9.59 Å². The van der Waals surface area contributed by atoms with Crippen LogP contribution in [0.2, 0.25) is 5.02 Å². The highest BCUT2D eigenvalue weighted by atomic mass is 35.5. The van der Waals surface area contributed by atoms with Crippen LogP contribution in [0, 0.1) is 0 Å². The fourth-order valence-corrected chi connectivity index (χ4v) is 2.47. The normalized spacial score (nSPS) is 11.8. The highest BCUT2D eigenvalue weighted by Crippen LogP contribution is 2.29. The minimum absolute atomic E-state index is 0.301. The van der Waals surface area contributed by atoms with Gasteiger partial charge in [-0.15, -0.1) is 11.8 Å². The van der Waals surface area contributed by atoms with Gasteiger partial charge in [0.1, 0.15) is 11.2 Å². The van der Waals surface area contributed by atoms with Gasteiger partial charge in [0, 0.05) is 9.92 Å². The van der Waals surface area contributed by atoms with Crippen molar-refractivity contribution in [3.05, 3.63) is 23.2 Å². The first-order valence-corrected chi connectivity index (χ1v) is 9.03. The Hall–Kier alpha value is -1.40. The Morgan fingerprint density at radius 3 is 1.79 bits per heavy atom. The molecule has 0 radical (unpaired) electrons. The Balaban J connectivity index is 3.30. The van der Waals surface area contributed by atoms with E-state index < -0.39 is 23.4 Å². The second-order valence-electron chi connectivity index (χ2n) is 7.15. The molecule has 7 heteroatoms. The van der Waals surface area contributed by atoms with E-state index in [1.807, 2.05) is 6.26 Å². The Kier molecular flexibility index (Phi) is 6.59.